The number of nitrogens with zero attached hydrogens (tertiary/aromatic N) is 1. The van der Waals surface area contributed by atoms with Gasteiger partial charge in [-0.1, -0.05) is 62.1 Å². The topological polar surface area (TPSA) is 70.3 Å². The number of hydrogen-bond donors (Lipinski definition) is 1. The van der Waals surface area contributed by atoms with E-state index in [-0.39, 0.29) is 5.56 Å². The fourth-order valence-electron chi connectivity index (χ4n) is 3.41. The SMILES string of the molecule is C[Si](C)(C)CCCOc1ccc(C(=O)O)c(-c2ccc(-c3ccc(C#N)cc3)cc2)c1. The second kappa shape index (κ2) is 9.63. The van der Waals surface area contributed by atoms with Gasteiger partial charge in [-0.25, -0.2) is 4.79 Å². The van der Waals surface area contributed by atoms with Crippen molar-refractivity contribution in [2.45, 2.75) is 32.1 Å². The molecule has 0 saturated carbocycles. The molecule has 0 saturated heterocycles. The molecule has 0 radical (unpaired) electrons. The van der Waals surface area contributed by atoms with Crippen LogP contribution in [-0.4, -0.2) is 25.8 Å². The molecular formula is C26H27NO3Si. The second-order valence-electron chi connectivity index (χ2n) is 8.79. The van der Waals surface area contributed by atoms with E-state index in [1.165, 1.54) is 6.04 Å². The summed E-state index contributed by atoms with van der Waals surface area (Å²) in [7, 11) is -1.10. The molecule has 4 nitrogen and oxygen atoms in total. The summed E-state index contributed by atoms with van der Waals surface area (Å²) in [6, 6.07) is 23.6. The molecule has 1 N–H and O–H groups in total. The summed E-state index contributed by atoms with van der Waals surface area (Å²) in [5.74, 6) is -0.275. The fraction of sp³-hybridized carbons (Fsp3) is 0.231. The summed E-state index contributed by atoms with van der Waals surface area (Å²) in [6.07, 6.45) is 1.00. The Bertz CT molecular complexity index is 1090. The Hall–Kier alpha value is -3.36. The van der Waals surface area contributed by atoms with E-state index < -0.39 is 14.0 Å². The highest BCUT2D eigenvalue weighted by atomic mass is 28.3. The first-order valence-corrected chi connectivity index (χ1v) is 14.1. The number of carboxylic acids is 1. The van der Waals surface area contributed by atoms with Gasteiger partial charge >= 0.3 is 5.97 Å². The van der Waals surface area contributed by atoms with E-state index in [2.05, 4.69) is 25.7 Å². The van der Waals surface area contributed by atoms with E-state index >= 15 is 0 Å². The summed E-state index contributed by atoms with van der Waals surface area (Å²) in [6.45, 7) is 7.66. The Morgan fingerprint density at radius 3 is 2.06 bits per heavy atom. The van der Waals surface area contributed by atoms with Gasteiger partial charge in [-0.05, 0) is 59.0 Å². The van der Waals surface area contributed by atoms with Crippen LogP contribution in [0.3, 0.4) is 0 Å². The zero-order valence-electron chi connectivity index (χ0n) is 18.2. The van der Waals surface area contributed by atoms with Crippen molar-refractivity contribution in [3.8, 4) is 34.1 Å². The van der Waals surface area contributed by atoms with Crippen LogP contribution in [0.15, 0.2) is 66.7 Å². The highest BCUT2D eigenvalue weighted by Gasteiger charge is 2.15. The van der Waals surface area contributed by atoms with Crippen molar-refractivity contribution in [2.24, 2.45) is 0 Å². The summed E-state index contributed by atoms with van der Waals surface area (Å²) in [5.41, 5.74) is 4.34. The van der Waals surface area contributed by atoms with E-state index in [0.717, 1.165) is 23.1 Å². The maximum absolute atomic E-state index is 11.8. The lowest BCUT2D eigenvalue weighted by atomic mass is 9.96. The predicted molar refractivity (Wildman–Crippen MR) is 127 cm³/mol. The van der Waals surface area contributed by atoms with Crippen LogP contribution in [0.5, 0.6) is 5.75 Å². The fourth-order valence-corrected chi connectivity index (χ4v) is 4.62. The molecule has 0 aromatic heterocycles. The van der Waals surface area contributed by atoms with Crippen molar-refractivity contribution < 1.29 is 14.6 Å². The number of ether oxygens (including phenoxy) is 1. The monoisotopic (exact) mass is 429 g/mol. The van der Waals surface area contributed by atoms with Crippen LogP contribution in [0, 0.1) is 11.3 Å². The number of carbonyl (C=O) groups is 1. The lowest BCUT2D eigenvalue weighted by Gasteiger charge is -2.16. The summed E-state index contributed by atoms with van der Waals surface area (Å²) in [5, 5.41) is 18.6. The van der Waals surface area contributed by atoms with Gasteiger partial charge in [0.25, 0.3) is 0 Å². The van der Waals surface area contributed by atoms with Crippen LogP contribution in [0.2, 0.25) is 25.7 Å². The number of benzene rings is 3. The third-order valence-electron chi connectivity index (χ3n) is 5.10. The van der Waals surface area contributed by atoms with Crippen LogP contribution >= 0.6 is 0 Å². The third kappa shape index (κ3) is 6.06. The zero-order chi connectivity index (χ0) is 22.4. The Morgan fingerprint density at radius 2 is 1.52 bits per heavy atom. The molecule has 31 heavy (non-hydrogen) atoms. The first-order valence-electron chi connectivity index (χ1n) is 10.4. The second-order valence-corrected chi connectivity index (χ2v) is 14.4. The van der Waals surface area contributed by atoms with Crippen LogP contribution in [0.4, 0.5) is 0 Å². The van der Waals surface area contributed by atoms with Crippen molar-refractivity contribution in [1.29, 1.82) is 5.26 Å². The molecule has 0 bridgehead atoms. The zero-order valence-corrected chi connectivity index (χ0v) is 19.2. The van der Waals surface area contributed by atoms with Crippen LogP contribution in [0.25, 0.3) is 22.3 Å². The number of rotatable bonds is 8. The molecule has 0 unspecified atom stereocenters. The number of aromatic carboxylic acids is 1. The summed E-state index contributed by atoms with van der Waals surface area (Å²) < 4.78 is 5.92. The van der Waals surface area contributed by atoms with E-state index in [0.29, 0.717) is 23.5 Å². The van der Waals surface area contributed by atoms with Gasteiger partial charge in [0.1, 0.15) is 5.75 Å². The van der Waals surface area contributed by atoms with Gasteiger partial charge in [-0.3, -0.25) is 0 Å². The van der Waals surface area contributed by atoms with Crippen LogP contribution in [0.1, 0.15) is 22.3 Å². The molecule has 0 heterocycles. The van der Waals surface area contributed by atoms with Crippen molar-refractivity contribution in [3.05, 3.63) is 77.9 Å². The molecule has 0 aliphatic carbocycles. The van der Waals surface area contributed by atoms with Gasteiger partial charge in [0.15, 0.2) is 0 Å². The van der Waals surface area contributed by atoms with E-state index in [1.54, 1.807) is 24.3 Å². The quantitative estimate of drug-likeness (QED) is 0.319. The Labute approximate surface area is 184 Å². The molecule has 3 aromatic rings. The van der Waals surface area contributed by atoms with Gasteiger partial charge in [-0.2, -0.15) is 5.26 Å². The molecule has 3 aromatic carbocycles. The smallest absolute Gasteiger partial charge is 0.336 e. The standard InChI is InChI=1S/C26H27NO3Si/c1-31(2,3)16-4-15-30-23-13-14-24(26(28)29)25(17-23)22-11-9-21(10-12-22)20-7-5-19(18-27)6-8-20/h5-14,17H,4,15-16H2,1-3H3,(H,28,29). The highest BCUT2D eigenvalue weighted by molar-refractivity contribution is 6.76. The maximum atomic E-state index is 11.8. The number of carboxylic acid groups (broad SMARTS) is 1. The normalized spacial score (nSPS) is 11.0. The first kappa shape index (κ1) is 22.3. The van der Waals surface area contributed by atoms with Crippen LogP contribution in [-0.2, 0) is 0 Å². The van der Waals surface area contributed by atoms with Gasteiger partial charge in [-0.15, -0.1) is 0 Å². The molecular weight excluding hydrogens is 402 g/mol. The van der Waals surface area contributed by atoms with Crippen molar-refractivity contribution >= 4 is 14.0 Å². The Kier molecular flexibility index (Phi) is 6.94. The third-order valence-corrected chi connectivity index (χ3v) is 6.96. The van der Waals surface area contributed by atoms with Crippen molar-refractivity contribution in [3.63, 3.8) is 0 Å². The number of hydrogen-bond acceptors (Lipinski definition) is 3. The summed E-state index contributed by atoms with van der Waals surface area (Å²) >= 11 is 0. The largest absolute Gasteiger partial charge is 0.494 e. The van der Waals surface area contributed by atoms with E-state index in [4.69, 9.17) is 10.00 Å². The molecule has 0 aliphatic heterocycles. The predicted octanol–water partition coefficient (Wildman–Crippen LogP) is 6.70. The lowest BCUT2D eigenvalue weighted by Crippen LogP contribution is -2.20. The van der Waals surface area contributed by atoms with E-state index in [1.807, 2.05) is 42.5 Å². The molecule has 0 aliphatic rings. The molecule has 0 fully saturated rings. The lowest BCUT2D eigenvalue weighted by molar-refractivity contribution is 0.0697. The Morgan fingerprint density at radius 1 is 0.935 bits per heavy atom. The Balaban J connectivity index is 1.82. The van der Waals surface area contributed by atoms with Gasteiger partial charge in [0.2, 0.25) is 0 Å². The maximum Gasteiger partial charge on any atom is 0.336 e. The van der Waals surface area contributed by atoms with Crippen molar-refractivity contribution in [1.82, 2.24) is 0 Å². The van der Waals surface area contributed by atoms with Gasteiger partial charge < -0.3 is 9.84 Å². The molecule has 0 amide bonds. The number of nitriles is 1. The van der Waals surface area contributed by atoms with E-state index in [9.17, 15) is 9.90 Å². The molecule has 158 valence electrons. The van der Waals surface area contributed by atoms with Gasteiger partial charge in [0.05, 0.1) is 23.8 Å². The minimum atomic E-state index is -1.10. The van der Waals surface area contributed by atoms with Crippen molar-refractivity contribution in [2.75, 3.05) is 6.61 Å². The average Bonchev–Trinajstić information content (AvgIpc) is 2.76. The highest BCUT2D eigenvalue weighted by Crippen LogP contribution is 2.31. The van der Waals surface area contributed by atoms with Gasteiger partial charge in [0, 0.05) is 8.07 Å². The first-order chi connectivity index (χ1) is 14.8. The molecule has 0 atom stereocenters. The minimum absolute atomic E-state index is 0.251. The van der Waals surface area contributed by atoms with Crippen LogP contribution < -0.4 is 4.74 Å². The average molecular weight is 430 g/mol. The minimum Gasteiger partial charge on any atom is -0.494 e. The summed E-state index contributed by atoms with van der Waals surface area (Å²) in [4.78, 5) is 11.8. The molecule has 5 heteroatoms. The molecule has 0 spiro atoms. The molecule has 3 rings (SSSR count).